The number of amides is 1. The van der Waals surface area contributed by atoms with Gasteiger partial charge in [-0.3, -0.25) is 4.79 Å². The molecule has 126 valence electrons. The van der Waals surface area contributed by atoms with Crippen molar-refractivity contribution in [2.45, 2.75) is 38.5 Å². The number of hydrogen-bond donors (Lipinski definition) is 1. The smallest absolute Gasteiger partial charge is 0.265 e. The number of carbonyl (C=O) groups excluding carboxylic acids is 1. The number of benzene rings is 2. The van der Waals surface area contributed by atoms with Gasteiger partial charge in [0.1, 0.15) is 6.10 Å². The zero-order chi connectivity index (χ0) is 17.1. The molecule has 0 saturated carbocycles. The largest absolute Gasteiger partial charge is 0.482 e. The van der Waals surface area contributed by atoms with Crippen LogP contribution in [0.5, 0.6) is 11.5 Å². The Morgan fingerprint density at radius 3 is 2.38 bits per heavy atom. The van der Waals surface area contributed by atoms with Gasteiger partial charge in [0.15, 0.2) is 11.5 Å². The average molecular weight is 346 g/mol. The number of carbonyl (C=O) groups is 1. The zero-order valence-electron chi connectivity index (χ0n) is 13.7. The molecule has 1 heterocycles. The van der Waals surface area contributed by atoms with Crippen LogP contribution in [0.3, 0.4) is 0 Å². The number of para-hydroxylation sites is 2. The lowest BCUT2D eigenvalue weighted by molar-refractivity contribution is -0.134. The van der Waals surface area contributed by atoms with Crippen LogP contribution >= 0.6 is 11.6 Å². The van der Waals surface area contributed by atoms with Gasteiger partial charge in [-0.05, 0) is 43.2 Å². The van der Waals surface area contributed by atoms with Gasteiger partial charge in [-0.1, -0.05) is 42.8 Å². The topological polar surface area (TPSA) is 47.6 Å². The molecular weight excluding hydrogens is 326 g/mol. The second-order valence-corrected chi connectivity index (χ2v) is 6.27. The second-order valence-electron chi connectivity index (χ2n) is 5.83. The number of fused-ring (bicyclic) bond motifs is 1. The van der Waals surface area contributed by atoms with Crippen LogP contribution < -0.4 is 14.8 Å². The molecule has 0 aromatic heterocycles. The summed E-state index contributed by atoms with van der Waals surface area (Å²) in [6.45, 7) is 3.86. The summed E-state index contributed by atoms with van der Waals surface area (Å²) in [5.41, 5.74) is 1.01. The Kier molecular flexibility index (Phi) is 4.95. The summed E-state index contributed by atoms with van der Waals surface area (Å²) in [5.74, 6) is 1.08. The maximum absolute atomic E-state index is 12.7. The van der Waals surface area contributed by atoms with Gasteiger partial charge in [0, 0.05) is 5.02 Å². The Hall–Kier alpha value is -2.20. The van der Waals surface area contributed by atoms with Crippen LogP contribution in [0.1, 0.15) is 31.9 Å². The molecule has 0 fully saturated rings. The van der Waals surface area contributed by atoms with Gasteiger partial charge in [-0.2, -0.15) is 0 Å². The maximum atomic E-state index is 12.7. The second kappa shape index (κ2) is 7.14. The molecule has 1 N–H and O–H groups in total. The summed E-state index contributed by atoms with van der Waals surface area (Å²) < 4.78 is 11.6. The quantitative estimate of drug-likeness (QED) is 0.906. The average Bonchev–Trinajstić information content (AvgIpc) is 2.59. The van der Waals surface area contributed by atoms with Crippen molar-refractivity contribution >= 4 is 17.5 Å². The molecule has 0 bridgehead atoms. The fourth-order valence-electron chi connectivity index (χ4n) is 2.78. The lowest BCUT2D eigenvalue weighted by Crippen LogP contribution is -2.49. The molecule has 2 aromatic rings. The third kappa shape index (κ3) is 3.49. The molecule has 1 amide bonds. The van der Waals surface area contributed by atoms with E-state index >= 15 is 0 Å². The third-order valence-electron chi connectivity index (χ3n) is 4.10. The number of ether oxygens (including phenoxy) is 2. The van der Waals surface area contributed by atoms with Gasteiger partial charge in [0.25, 0.3) is 5.91 Å². The first kappa shape index (κ1) is 16.7. The number of nitrogens with one attached hydrogen (secondary N) is 1. The molecule has 4 nitrogen and oxygen atoms in total. The van der Waals surface area contributed by atoms with Gasteiger partial charge in [-0.15, -0.1) is 0 Å². The standard InChI is InChI=1S/C19H20ClNO3/c1-3-15(13-8-10-14(20)11-9-13)21-19(22)18-12(2)23-16-6-4-5-7-17(16)24-18/h4-12,15,18H,3H2,1-2H3,(H,21,22). The fourth-order valence-corrected chi connectivity index (χ4v) is 2.90. The minimum absolute atomic E-state index is 0.0947. The van der Waals surface area contributed by atoms with Crippen molar-refractivity contribution in [3.63, 3.8) is 0 Å². The van der Waals surface area contributed by atoms with Crippen molar-refractivity contribution in [3.8, 4) is 11.5 Å². The number of hydrogen-bond acceptors (Lipinski definition) is 3. The van der Waals surface area contributed by atoms with Crippen LogP contribution in [0.4, 0.5) is 0 Å². The lowest BCUT2D eigenvalue weighted by Gasteiger charge is -2.32. The Labute approximate surface area is 146 Å². The van der Waals surface area contributed by atoms with Crippen molar-refractivity contribution in [3.05, 3.63) is 59.1 Å². The highest BCUT2D eigenvalue weighted by Gasteiger charge is 2.34. The highest BCUT2D eigenvalue weighted by atomic mass is 35.5. The zero-order valence-corrected chi connectivity index (χ0v) is 14.4. The Balaban J connectivity index is 1.73. The molecule has 2 aromatic carbocycles. The molecule has 24 heavy (non-hydrogen) atoms. The predicted octanol–water partition coefficient (Wildman–Crippen LogP) is 4.14. The maximum Gasteiger partial charge on any atom is 0.265 e. The third-order valence-corrected chi connectivity index (χ3v) is 4.35. The molecule has 3 unspecified atom stereocenters. The van der Waals surface area contributed by atoms with Crippen LogP contribution in [-0.2, 0) is 4.79 Å². The van der Waals surface area contributed by atoms with Gasteiger partial charge >= 0.3 is 0 Å². The van der Waals surface area contributed by atoms with E-state index in [4.69, 9.17) is 21.1 Å². The summed E-state index contributed by atoms with van der Waals surface area (Å²) >= 11 is 5.93. The van der Waals surface area contributed by atoms with E-state index in [0.717, 1.165) is 12.0 Å². The van der Waals surface area contributed by atoms with E-state index in [1.807, 2.05) is 56.3 Å². The minimum Gasteiger partial charge on any atom is -0.482 e. The molecule has 0 aliphatic carbocycles. The van der Waals surface area contributed by atoms with E-state index in [9.17, 15) is 4.79 Å². The summed E-state index contributed by atoms with van der Waals surface area (Å²) in [6, 6.07) is 14.8. The first-order valence-corrected chi connectivity index (χ1v) is 8.44. The SMILES string of the molecule is CCC(NC(=O)C1Oc2ccccc2OC1C)c1ccc(Cl)cc1. The van der Waals surface area contributed by atoms with E-state index < -0.39 is 6.10 Å². The molecule has 1 aliphatic heterocycles. The predicted molar refractivity (Wildman–Crippen MR) is 93.6 cm³/mol. The van der Waals surface area contributed by atoms with Crippen LogP contribution in [0.15, 0.2) is 48.5 Å². The molecular formula is C19H20ClNO3. The summed E-state index contributed by atoms with van der Waals surface area (Å²) in [4.78, 5) is 12.7. The monoisotopic (exact) mass is 345 g/mol. The Morgan fingerprint density at radius 1 is 1.12 bits per heavy atom. The summed E-state index contributed by atoms with van der Waals surface area (Å²) in [7, 11) is 0. The van der Waals surface area contributed by atoms with Crippen LogP contribution in [0, 0.1) is 0 Å². The highest BCUT2D eigenvalue weighted by Crippen LogP contribution is 2.33. The molecule has 0 spiro atoms. The van der Waals surface area contributed by atoms with Gasteiger partial charge in [0.05, 0.1) is 6.04 Å². The number of rotatable bonds is 4. The van der Waals surface area contributed by atoms with Crippen molar-refractivity contribution in [2.24, 2.45) is 0 Å². The van der Waals surface area contributed by atoms with E-state index in [0.29, 0.717) is 16.5 Å². The molecule has 1 aliphatic rings. The van der Waals surface area contributed by atoms with Gasteiger partial charge < -0.3 is 14.8 Å². The molecule has 0 saturated heterocycles. The summed E-state index contributed by atoms with van der Waals surface area (Å²) in [6.07, 6.45) is -0.268. The molecule has 3 atom stereocenters. The molecule has 3 rings (SSSR count). The number of halogens is 1. The fraction of sp³-hybridized carbons (Fsp3) is 0.316. The highest BCUT2D eigenvalue weighted by molar-refractivity contribution is 6.30. The first-order chi connectivity index (χ1) is 11.6. The molecule has 5 heteroatoms. The Morgan fingerprint density at radius 2 is 1.75 bits per heavy atom. The Bertz CT molecular complexity index is 717. The van der Waals surface area contributed by atoms with Gasteiger partial charge in [-0.25, -0.2) is 0 Å². The molecule has 0 radical (unpaired) electrons. The minimum atomic E-state index is -0.679. The van der Waals surface area contributed by atoms with Crippen molar-refractivity contribution in [1.29, 1.82) is 0 Å². The van der Waals surface area contributed by atoms with E-state index in [1.165, 1.54) is 0 Å². The normalized spacial score (nSPS) is 20.3. The summed E-state index contributed by atoms with van der Waals surface area (Å²) in [5, 5.41) is 3.72. The van der Waals surface area contributed by atoms with Crippen LogP contribution in [0.2, 0.25) is 5.02 Å². The van der Waals surface area contributed by atoms with E-state index in [-0.39, 0.29) is 18.1 Å². The van der Waals surface area contributed by atoms with E-state index in [1.54, 1.807) is 6.07 Å². The lowest BCUT2D eigenvalue weighted by atomic mass is 10.0. The van der Waals surface area contributed by atoms with Crippen molar-refractivity contribution in [2.75, 3.05) is 0 Å². The van der Waals surface area contributed by atoms with Gasteiger partial charge in [0.2, 0.25) is 6.10 Å². The van der Waals surface area contributed by atoms with Crippen LogP contribution in [-0.4, -0.2) is 18.1 Å². The first-order valence-electron chi connectivity index (χ1n) is 8.06. The van der Waals surface area contributed by atoms with Crippen LogP contribution in [0.25, 0.3) is 0 Å². The van der Waals surface area contributed by atoms with E-state index in [2.05, 4.69) is 5.32 Å². The van der Waals surface area contributed by atoms with Crippen molar-refractivity contribution < 1.29 is 14.3 Å². The van der Waals surface area contributed by atoms with Crippen molar-refractivity contribution in [1.82, 2.24) is 5.32 Å².